The monoisotopic (exact) mass is 510 g/mol. The van der Waals surface area contributed by atoms with Gasteiger partial charge in [-0.05, 0) is 73.4 Å². The van der Waals surface area contributed by atoms with Gasteiger partial charge < -0.3 is 14.8 Å². The van der Waals surface area contributed by atoms with Crippen molar-refractivity contribution in [3.05, 3.63) is 113 Å². The number of anilines is 2. The molecular formula is C30H27ClN4O2. The summed E-state index contributed by atoms with van der Waals surface area (Å²) in [6.45, 7) is 1.94. The fraction of sp³-hybridized carbons (Fsp3) is 0.200. The van der Waals surface area contributed by atoms with Gasteiger partial charge >= 0.3 is 6.03 Å². The topological polar surface area (TPSA) is 57.6 Å². The van der Waals surface area contributed by atoms with Gasteiger partial charge in [-0.3, -0.25) is 9.69 Å². The average Bonchev–Trinajstić information content (AvgIpc) is 3.63. The molecule has 3 amide bonds. The van der Waals surface area contributed by atoms with E-state index in [1.54, 1.807) is 4.90 Å². The van der Waals surface area contributed by atoms with Gasteiger partial charge in [0.05, 0.1) is 17.1 Å². The zero-order valence-corrected chi connectivity index (χ0v) is 21.2. The number of carbonyl (C=O) groups excluding carboxylic acids is 2. The van der Waals surface area contributed by atoms with Crippen molar-refractivity contribution in [2.45, 2.75) is 31.8 Å². The van der Waals surface area contributed by atoms with Crippen molar-refractivity contribution in [1.82, 2.24) is 9.47 Å². The molecule has 0 radical (unpaired) electrons. The van der Waals surface area contributed by atoms with Gasteiger partial charge in [-0.2, -0.15) is 0 Å². The van der Waals surface area contributed by atoms with Crippen molar-refractivity contribution in [2.24, 2.45) is 0 Å². The summed E-state index contributed by atoms with van der Waals surface area (Å²) in [5, 5.41) is 3.66. The molecule has 0 saturated heterocycles. The third-order valence-electron chi connectivity index (χ3n) is 7.11. The molecule has 1 atom stereocenters. The van der Waals surface area contributed by atoms with E-state index in [4.69, 9.17) is 11.6 Å². The van der Waals surface area contributed by atoms with Crippen LogP contribution in [0.1, 0.15) is 35.7 Å². The second-order valence-electron chi connectivity index (χ2n) is 9.61. The summed E-state index contributed by atoms with van der Waals surface area (Å²) in [4.78, 5) is 31.1. The van der Waals surface area contributed by atoms with Gasteiger partial charge in [-0.1, -0.05) is 54.1 Å². The maximum Gasteiger partial charge on any atom is 0.322 e. The Morgan fingerprint density at radius 1 is 0.919 bits per heavy atom. The molecule has 1 aromatic heterocycles. The van der Waals surface area contributed by atoms with E-state index in [1.165, 1.54) is 0 Å². The van der Waals surface area contributed by atoms with Crippen molar-refractivity contribution in [3.63, 3.8) is 0 Å². The molecule has 1 fully saturated rings. The molecule has 3 aromatic carbocycles. The van der Waals surface area contributed by atoms with Gasteiger partial charge in [-0.15, -0.1) is 0 Å². The first-order chi connectivity index (χ1) is 18.0. The third kappa shape index (κ3) is 4.38. The Hall–Kier alpha value is -4.03. The minimum Gasteiger partial charge on any atom is -0.316 e. The first kappa shape index (κ1) is 23.4. The first-order valence-electron chi connectivity index (χ1n) is 12.5. The van der Waals surface area contributed by atoms with E-state index in [0.29, 0.717) is 5.02 Å². The van der Waals surface area contributed by atoms with Gasteiger partial charge in [0.25, 0.3) is 0 Å². The van der Waals surface area contributed by atoms with Gasteiger partial charge in [0.15, 0.2) is 0 Å². The smallest absolute Gasteiger partial charge is 0.316 e. The van der Waals surface area contributed by atoms with Crippen LogP contribution in [-0.2, 0) is 4.79 Å². The lowest BCUT2D eigenvalue weighted by Gasteiger charge is -2.39. The summed E-state index contributed by atoms with van der Waals surface area (Å²) in [6, 6.07) is 26.7. The van der Waals surface area contributed by atoms with Crippen molar-refractivity contribution in [2.75, 3.05) is 16.8 Å². The van der Waals surface area contributed by atoms with E-state index in [0.717, 1.165) is 46.7 Å². The van der Waals surface area contributed by atoms with Crippen LogP contribution < -0.4 is 10.2 Å². The summed E-state index contributed by atoms with van der Waals surface area (Å²) in [6.07, 6.45) is 3.81. The molecule has 2 heterocycles. The van der Waals surface area contributed by atoms with E-state index in [9.17, 15) is 9.59 Å². The quantitative estimate of drug-likeness (QED) is 0.330. The molecular weight excluding hydrogens is 484 g/mol. The molecule has 0 spiro atoms. The van der Waals surface area contributed by atoms with Crippen LogP contribution in [0.15, 0.2) is 91.1 Å². The van der Waals surface area contributed by atoms with Gasteiger partial charge in [-0.25, -0.2) is 4.79 Å². The molecule has 6 rings (SSSR count). The minimum atomic E-state index is -0.352. The molecule has 6 nitrogen and oxygen atoms in total. The number of fused-ring (bicyclic) bond motifs is 3. The number of hydrogen-bond donors (Lipinski definition) is 1. The van der Waals surface area contributed by atoms with Crippen LogP contribution in [-0.4, -0.2) is 34.0 Å². The molecule has 4 aromatic rings. The predicted octanol–water partition coefficient (Wildman–Crippen LogP) is 6.57. The number of aryl methyl sites for hydroxylation is 1. The average molecular weight is 511 g/mol. The van der Waals surface area contributed by atoms with Gasteiger partial charge in [0, 0.05) is 22.9 Å². The van der Waals surface area contributed by atoms with E-state index in [-0.39, 0.29) is 30.6 Å². The molecule has 1 saturated carbocycles. The molecule has 1 aliphatic heterocycles. The first-order valence-corrected chi connectivity index (χ1v) is 12.9. The lowest BCUT2D eigenvalue weighted by Crippen LogP contribution is -2.48. The van der Waals surface area contributed by atoms with E-state index < -0.39 is 0 Å². The van der Waals surface area contributed by atoms with E-state index >= 15 is 0 Å². The summed E-state index contributed by atoms with van der Waals surface area (Å²) in [5.74, 6) is -0.133. The molecule has 186 valence electrons. The number of hydrogen-bond acceptors (Lipinski definition) is 2. The third-order valence-corrected chi connectivity index (χ3v) is 7.37. The predicted molar refractivity (Wildman–Crippen MR) is 146 cm³/mol. The number of urea groups is 1. The maximum absolute atomic E-state index is 14.2. The van der Waals surface area contributed by atoms with E-state index in [1.807, 2.05) is 103 Å². The standard InChI is InChI=1S/C30H27ClN4O2/c1-20-7-2-3-8-24(20)32-30(37)34(23-16-17-23)19-28(36)35-26-10-5-4-9-25(26)33-18-6-11-27(33)29(35)21-12-14-22(31)15-13-21/h2-15,18,23,29H,16-17,19H2,1H3,(H,32,37). The lowest BCUT2D eigenvalue weighted by molar-refractivity contribution is -0.119. The Labute approximate surface area is 221 Å². The second-order valence-corrected chi connectivity index (χ2v) is 10.1. The highest BCUT2D eigenvalue weighted by Crippen LogP contribution is 2.42. The van der Waals surface area contributed by atoms with Crippen LogP contribution in [0.3, 0.4) is 0 Å². The normalized spacial score (nSPS) is 16.1. The highest BCUT2D eigenvalue weighted by atomic mass is 35.5. The van der Waals surface area contributed by atoms with E-state index in [2.05, 4.69) is 9.88 Å². The van der Waals surface area contributed by atoms with Crippen molar-refractivity contribution in [3.8, 4) is 5.69 Å². The number of amides is 3. The van der Waals surface area contributed by atoms with Crippen molar-refractivity contribution < 1.29 is 9.59 Å². The Bertz CT molecular complexity index is 1470. The zero-order valence-electron chi connectivity index (χ0n) is 20.5. The van der Waals surface area contributed by atoms with Crippen LogP contribution in [0.25, 0.3) is 5.69 Å². The number of nitrogens with one attached hydrogen (secondary N) is 1. The summed E-state index contributed by atoms with van der Waals surface area (Å²) < 4.78 is 2.13. The largest absolute Gasteiger partial charge is 0.322 e. The van der Waals surface area contributed by atoms with Gasteiger partial charge in [0.1, 0.15) is 12.6 Å². The fourth-order valence-electron chi connectivity index (χ4n) is 5.10. The zero-order chi connectivity index (χ0) is 25.5. The Kier molecular flexibility index (Phi) is 5.97. The molecule has 1 unspecified atom stereocenters. The minimum absolute atomic E-state index is 0.0124. The maximum atomic E-state index is 14.2. The van der Waals surface area contributed by atoms with Gasteiger partial charge in [0.2, 0.25) is 5.91 Å². The Morgan fingerprint density at radius 2 is 1.62 bits per heavy atom. The molecule has 37 heavy (non-hydrogen) atoms. The highest BCUT2D eigenvalue weighted by molar-refractivity contribution is 6.30. The lowest BCUT2D eigenvalue weighted by atomic mass is 9.97. The van der Waals surface area contributed by atoms with Crippen LogP contribution in [0.2, 0.25) is 5.02 Å². The number of para-hydroxylation sites is 3. The molecule has 2 aliphatic rings. The Balaban J connectivity index is 1.36. The molecule has 1 aliphatic carbocycles. The molecule has 0 bridgehead atoms. The SMILES string of the molecule is Cc1ccccc1NC(=O)N(CC(=O)N1c2ccccc2-n2cccc2C1c1ccc(Cl)cc1)C1CC1. The number of carbonyl (C=O) groups is 2. The molecule has 7 heteroatoms. The van der Waals surface area contributed by atoms with Crippen molar-refractivity contribution >= 4 is 34.9 Å². The van der Waals surface area contributed by atoms with Crippen LogP contribution >= 0.6 is 11.6 Å². The molecule has 1 N–H and O–H groups in total. The summed E-state index contributed by atoms with van der Waals surface area (Å²) in [7, 11) is 0. The number of benzene rings is 3. The number of aromatic nitrogens is 1. The van der Waals surface area contributed by atoms with Crippen LogP contribution in [0, 0.1) is 6.92 Å². The second kappa shape index (κ2) is 9.45. The summed E-state index contributed by atoms with van der Waals surface area (Å²) >= 11 is 6.20. The Morgan fingerprint density at radius 3 is 2.35 bits per heavy atom. The van der Waals surface area contributed by atoms with Crippen LogP contribution in [0.4, 0.5) is 16.2 Å². The number of nitrogens with zero attached hydrogens (tertiary/aromatic N) is 3. The summed E-state index contributed by atoms with van der Waals surface area (Å²) in [5.41, 5.74) is 5.41. The number of halogens is 1. The van der Waals surface area contributed by atoms with Crippen molar-refractivity contribution in [1.29, 1.82) is 0 Å². The van der Waals surface area contributed by atoms with Crippen LogP contribution in [0.5, 0.6) is 0 Å². The fourth-order valence-corrected chi connectivity index (χ4v) is 5.22. The highest BCUT2D eigenvalue weighted by Gasteiger charge is 2.40. The number of rotatable bonds is 5.